The molecule has 1 saturated heterocycles. The Hall–Kier alpha value is -1.74. The van der Waals surface area contributed by atoms with Crippen LogP contribution < -0.4 is 10.6 Å². The summed E-state index contributed by atoms with van der Waals surface area (Å²) in [5, 5.41) is 11.0. The molecule has 0 aliphatic carbocycles. The maximum Gasteiger partial charge on any atom is 0.258 e. The Bertz CT molecular complexity index is 944. The van der Waals surface area contributed by atoms with Gasteiger partial charge in [-0.25, -0.2) is 4.68 Å². The van der Waals surface area contributed by atoms with Gasteiger partial charge in [-0.15, -0.1) is 0 Å². The molecular weight excluding hydrogens is 435 g/mol. The van der Waals surface area contributed by atoms with Crippen LogP contribution in [0, 0.1) is 0 Å². The second-order valence-corrected chi connectivity index (χ2v) is 8.77. The van der Waals surface area contributed by atoms with Gasteiger partial charge in [0, 0.05) is 35.2 Å². The molecule has 3 heterocycles. The maximum absolute atomic E-state index is 12.8. The fourth-order valence-electron chi connectivity index (χ4n) is 3.39. The summed E-state index contributed by atoms with van der Waals surface area (Å²) >= 11 is 13.9. The molecule has 7 nitrogen and oxygen atoms in total. The van der Waals surface area contributed by atoms with E-state index in [9.17, 15) is 9.59 Å². The Morgan fingerprint density at radius 1 is 1.31 bits per heavy atom. The summed E-state index contributed by atoms with van der Waals surface area (Å²) in [7, 11) is 0. The van der Waals surface area contributed by atoms with Crippen LogP contribution in [0.2, 0.25) is 10.0 Å². The van der Waals surface area contributed by atoms with Crippen LogP contribution in [0.5, 0.6) is 0 Å². The predicted molar refractivity (Wildman–Crippen MR) is 114 cm³/mol. The number of nitrogens with zero attached hydrogens (tertiary/aromatic N) is 2. The molecule has 2 amide bonds. The highest BCUT2D eigenvalue weighted by atomic mass is 35.5. The second kappa shape index (κ2) is 8.95. The van der Waals surface area contributed by atoms with Crippen LogP contribution in [-0.2, 0) is 27.6 Å². The molecule has 4 rings (SSSR count). The lowest BCUT2D eigenvalue weighted by molar-refractivity contribution is -0.122. The van der Waals surface area contributed by atoms with Gasteiger partial charge in [-0.3, -0.25) is 9.59 Å². The molecule has 29 heavy (non-hydrogen) atoms. The number of thioether (sulfide) groups is 1. The molecule has 0 radical (unpaired) electrons. The molecular formula is C19H20Cl2N4O3S. The number of ether oxygens (including phenoxy) is 1. The summed E-state index contributed by atoms with van der Waals surface area (Å²) in [5.41, 5.74) is 2.09. The zero-order valence-electron chi connectivity index (χ0n) is 15.5. The van der Waals surface area contributed by atoms with E-state index in [4.69, 9.17) is 27.9 Å². The molecule has 2 aliphatic rings. The average molecular weight is 455 g/mol. The summed E-state index contributed by atoms with van der Waals surface area (Å²) in [4.78, 5) is 25.2. The highest BCUT2D eigenvalue weighted by Crippen LogP contribution is 2.35. The molecule has 1 aromatic heterocycles. The van der Waals surface area contributed by atoms with E-state index in [0.29, 0.717) is 22.4 Å². The zero-order valence-corrected chi connectivity index (χ0v) is 17.9. The van der Waals surface area contributed by atoms with Crippen molar-refractivity contribution in [1.29, 1.82) is 0 Å². The molecule has 10 heteroatoms. The summed E-state index contributed by atoms with van der Waals surface area (Å²) in [6.45, 7) is 1.24. The van der Waals surface area contributed by atoms with Crippen molar-refractivity contribution in [3.05, 3.63) is 45.1 Å². The summed E-state index contributed by atoms with van der Waals surface area (Å²) < 4.78 is 7.08. The standard InChI is InChI=1S/C19H20Cl2N4O3S/c20-11-3-4-15(21)13(6-11)19(27)23-18-14-9-29-10-16(14)24-25(18)8-17(26)22-7-12-2-1-5-28-12/h3-4,6,12H,1-2,5,7-10H2,(H,22,26)(H,23,27). The molecule has 0 bridgehead atoms. The van der Waals surface area contributed by atoms with Crippen molar-refractivity contribution in [1.82, 2.24) is 15.1 Å². The van der Waals surface area contributed by atoms with Crippen molar-refractivity contribution in [2.75, 3.05) is 18.5 Å². The van der Waals surface area contributed by atoms with Gasteiger partial charge in [0.2, 0.25) is 5.91 Å². The average Bonchev–Trinajstić information content (AvgIpc) is 3.42. The number of hydrogen-bond donors (Lipinski definition) is 2. The molecule has 0 saturated carbocycles. The Morgan fingerprint density at radius 2 is 2.17 bits per heavy atom. The Balaban J connectivity index is 1.49. The van der Waals surface area contributed by atoms with Crippen molar-refractivity contribution in [3.8, 4) is 0 Å². The summed E-state index contributed by atoms with van der Waals surface area (Å²) in [6, 6.07) is 4.72. The third kappa shape index (κ3) is 4.71. The first-order valence-corrected chi connectivity index (χ1v) is 11.2. The Labute approximate surface area is 182 Å². The van der Waals surface area contributed by atoms with Crippen molar-refractivity contribution < 1.29 is 14.3 Å². The van der Waals surface area contributed by atoms with Gasteiger partial charge in [0.05, 0.1) is 22.4 Å². The summed E-state index contributed by atoms with van der Waals surface area (Å²) in [6.07, 6.45) is 2.05. The summed E-state index contributed by atoms with van der Waals surface area (Å²) in [5.74, 6) is 1.44. The number of fused-ring (bicyclic) bond motifs is 1. The molecule has 1 unspecified atom stereocenters. The van der Waals surface area contributed by atoms with Crippen LogP contribution in [0.3, 0.4) is 0 Å². The molecule has 154 valence electrons. The number of amides is 2. The van der Waals surface area contributed by atoms with E-state index in [2.05, 4.69) is 15.7 Å². The Kier molecular flexibility index (Phi) is 6.34. The van der Waals surface area contributed by atoms with Gasteiger partial charge >= 0.3 is 0 Å². The fourth-order valence-corrected chi connectivity index (χ4v) is 4.80. The van der Waals surface area contributed by atoms with Gasteiger partial charge in [-0.05, 0) is 31.0 Å². The topological polar surface area (TPSA) is 85.2 Å². The van der Waals surface area contributed by atoms with E-state index in [1.165, 1.54) is 6.07 Å². The molecule has 1 fully saturated rings. The smallest absolute Gasteiger partial charge is 0.258 e. The van der Waals surface area contributed by atoms with Gasteiger partial charge in [-0.2, -0.15) is 16.9 Å². The minimum atomic E-state index is -0.391. The number of hydrogen-bond acceptors (Lipinski definition) is 5. The Morgan fingerprint density at radius 3 is 2.97 bits per heavy atom. The number of nitrogens with one attached hydrogen (secondary N) is 2. The lowest BCUT2D eigenvalue weighted by Crippen LogP contribution is -2.34. The quantitative estimate of drug-likeness (QED) is 0.697. The fraction of sp³-hybridized carbons (Fsp3) is 0.421. The molecule has 2 aromatic rings. The van der Waals surface area contributed by atoms with Crippen LogP contribution in [0.1, 0.15) is 34.5 Å². The van der Waals surface area contributed by atoms with Crippen LogP contribution >= 0.6 is 35.0 Å². The zero-order chi connectivity index (χ0) is 20.4. The van der Waals surface area contributed by atoms with Gasteiger partial charge in [-0.1, -0.05) is 23.2 Å². The molecule has 1 aromatic carbocycles. The van der Waals surface area contributed by atoms with E-state index in [0.717, 1.165) is 42.2 Å². The number of halogens is 2. The van der Waals surface area contributed by atoms with Crippen molar-refractivity contribution in [2.45, 2.75) is 37.0 Å². The first kappa shape index (κ1) is 20.5. The van der Waals surface area contributed by atoms with Crippen molar-refractivity contribution in [3.63, 3.8) is 0 Å². The third-order valence-electron chi connectivity index (χ3n) is 4.87. The van der Waals surface area contributed by atoms with Gasteiger partial charge in [0.15, 0.2) is 0 Å². The number of aromatic nitrogens is 2. The van der Waals surface area contributed by atoms with E-state index in [1.807, 2.05) is 0 Å². The van der Waals surface area contributed by atoms with Crippen LogP contribution in [-0.4, -0.2) is 40.9 Å². The number of carbonyl (C=O) groups excluding carboxylic acids is 2. The highest BCUT2D eigenvalue weighted by Gasteiger charge is 2.26. The second-order valence-electron chi connectivity index (χ2n) is 6.94. The molecule has 1 atom stereocenters. The first-order valence-electron chi connectivity index (χ1n) is 9.32. The van der Waals surface area contributed by atoms with Gasteiger partial charge in [0.25, 0.3) is 5.91 Å². The molecule has 2 aliphatic heterocycles. The van der Waals surface area contributed by atoms with Crippen molar-refractivity contribution in [2.24, 2.45) is 0 Å². The largest absolute Gasteiger partial charge is 0.376 e. The maximum atomic E-state index is 12.8. The normalized spacial score (nSPS) is 17.9. The molecule has 0 spiro atoms. The minimum Gasteiger partial charge on any atom is -0.376 e. The lowest BCUT2D eigenvalue weighted by atomic mass is 10.2. The van der Waals surface area contributed by atoms with E-state index in [1.54, 1.807) is 28.6 Å². The third-order valence-corrected chi connectivity index (χ3v) is 6.40. The first-order chi connectivity index (χ1) is 14.0. The number of rotatable bonds is 6. The minimum absolute atomic E-state index is 0.0171. The van der Waals surface area contributed by atoms with Crippen LogP contribution in [0.15, 0.2) is 18.2 Å². The van der Waals surface area contributed by atoms with E-state index in [-0.39, 0.29) is 24.1 Å². The number of benzene rings is 1. The SMILES string of the molecule is O=C(Cn1nc2c(c1NC(=O)c1cc(Cl)ccc1Cl)CSC2)NCC1CCCO1. The van der Waals surface area contributed by atoms with Gasteiger partial charge in [0.1, 0.15) is 12.4 Å². The lowest BCUT2D eigenvalue weighted by Gasteiger charge is -2.13. The monoisotopic (exact) mass is 454 g/mol. The van der Waals surface area contributed by atoms with Crippen LogP contribution in [0.25, 0.3) is 0 Å². The van der Waals surface area contributed by atoms with Gasteiger partial charge < -0.3 is 15.4 Å². The predicted octanol–water partition coefficient (Wildman–Crippen LogP) is 3.48. The number of anilines is 1. The van der Waals surface area contributed by atoms with E-state index >= 15 is 0 Å². The highest BCUT2D eigenvalue weighted by molar-refractivity contribution is 7.98. The number of carbonyl (C=O) groups is 2. The van der Waals surface area contributed by atoms with Crippen molar-refractivity contribution >= 4 is 52.6 Å². The van der Waals surface area contributed by atoms with Crippen LogP contribution in [0.4, 0.5) is 5.82 Å². The van der Waals surface area contributed by atoms with E-state index < -0.39 is 5.91 Å². The molecule has 2 N–H and O–H groups in total.